The Morgan fingerprint density at radius 1 is 1.54 bits per heavy atom. The molecule has 0 aliphatic carbocycles. The Kier molecular flexibility index (Phi) is 3.31. The number of rotatable bonds is 3. The molecule has 0 aromatic carbocycles. The lowest BCUT2D eigenvalue weighted by Gasteiger charge is -2.19. The molecule has 3 nitrogen and oxygen atoms in total. The summed E-state index contributed by atoms with van der Waals surface area (Å²) in [6.07, 6.45) is 2.56. The van der Waals surface area contributed by atoms with E-state index < -0.39 is 0 Å². The van der Waals surface area contributed by atoms with Crippen LogP contribution in [0.2, 0.25) is 0 Å². The molecule has 1 aliphatic heterocycles. The first-order chi connectivity index (χ1) is 6.05. The molecular weight excluding hydrogens is 164 g/mol. The Morgan fingerprint density at radius 2 is 2.23 bits per heavy atom. The lowest BCUT2D eigenvalue weighted by molar-refractivity contribution is -0.130. The fraction of sp³-hybridized carbons (Fsp3) is 0.900. The lowest BCUT2D eigenvalue weighted by atomic mass is 9.93. The van der Waals surface area contributed by atoms with Gasteiger partial charge in [-0.25, -0.2) is 0 Å². The summed E-state index contributed by atoms with van der Waals surface area (Å²) >= 11 is 0. The van der Waals surface area contributed by atoms with Crippen molar-refractivity contribution in [1.82, 2.24) is 4.90 Å². The van der Waals surface area contributed by atoms with Gasteiger partial charge in [-0.1, -0.05) is 13.8 Å². The van der Waals surface area contributed by atoms with E-state index in [1.54, 1.807) is 0 Å². The second-order valence-electron chi connectivity index (χ2n) is 4.62. The molecule has 2 N–H and O–H groups in total. The molecule has 1 saturated heterocycles. The zero-order valence-electron chi connectivity index (χ0n) is 8.68. The number of nitrogens with two attached hydrogens (primary N) is 1. The van der Waals surface area contributed by atoms with Crippen molar-refractivity contribution in [2.45, 2.75) is 33.1 Å². The Labute approximate surface area is 80.3 Å². The van der Waals surface area contributed by atoms with Gasteiger partial charge in [0, 0.05) is 19.5 Å². The smallest absolute Gasteiger partial charge is 0.222 e. The van der Waals surface area contributed by atoms with Crippen LogP contribution in [0.15, 0.2) is 0 Å². The van der Waals surface area contributed by atoms with Crippen molar-refractivity contribution < 1.29 is 4.79 Å². The molecule has 0 bridgehead atoms. The van der Waals surface area contributed by atoms with E-state index in [-0.39, 0.29) is 5.91 Å². The maximum atomic E-state index is 11.6. The van der Waals surface area contributed by atoms with E-state index in [1.165, 1.54) is 0 Å². The predicted octanol–water partition coefficient (Wildman–Crippen LogP) is 0.984. The Hall–Kier alpha value is -0.570. The van der Waals surface area contributed by atoms with Crippen LogP contribution in [0.3, 0.4) is 0 Å². The van der Waals surface area contributed by atoms with Crippen LogP contribution >= 0.6 is 0 Å². The molecular formula is C10H20N2O. The summed E-state index contributed by atoms with van der Waals surface area (Å²) in [7, 11) is 0. The van der Waals surface area contributed by atoms with Gasteiger partial charge >= 0.3 is 0 Å². The Bertz CT molecular complexity index is 189. The van der Waals surface area contributed by atoms with E-state index in [4.69, 9.17) is 5.73 Å². The highest BCUT2D eigenvalue weighted by molar-refractivity contribution is 5.76. The van der Waals surface area contributed by atoms with Crippen molar-refractivity contribution >= 4 is 5.91 Å². The summed E-state index contributed by atoms with van der Waals surface area (Å²) in [5.74, 6) is 0.274. The molecule has 0 atom stereocenters. The van der Waals surface area contributed by atoms with Crippen LogP contribution in [0.1, 0.15) is 33.1 Å². The van der Waals surface area contributed by atoms with Crippen LogP contribution in [0.4, 0.5) is 0 Å². The predicted molar refractivity (Wildman–Crippen MR) is 53.3 cm³/mol. The minimum Gasteiger partial charge on any atom is -0.342 e. The van der Waals surface area contributed by atoms with E-state index >= 15 is 0 Å². The number of amides is 1. The third kappa shape index (κ3) is 2.99. The molecule has 0 radical (unpaired) electrons. The van der Waals surface area contributed by atoms with Crippen molar-refractivity contribution in [1.29, 1.82) is 0 Å². The van der Waals surface area contributed by atoms with E-state index in [0.717, 1.165) is 25.9 Å². The summed E-state index contributed by atoms with van der Waals surface area (Å²) in [4.78, 5) is 13.5. The SMILES string of the molecule is CC1(C)CCN(C(=O)CCCN)C1. The zero-order chi connectivity index (χ0) is 9.90. The number of hydrogen-bond donors (Lipinski definition) is 1. The number of likely N-dealkylation sites (tertiary alicyclic amines) is 1. The Balaban J connectivity index is 2.33. The van der Waals surface area contributed by atoms with Gasteiger partial charge in [0.05, 0.1) is 0 Å². The average Bonchev–Trinajstić information content (AvgIpc) is 2.42. The summed E-state index contributed by atoms with van der Waals surface area (Å²) < 4.78 is 0. The molecule has 76 valence electrons. The molecule has 0 aromatic heterocycles. The molecule has 1 fully saturated rings. The maximum absolute atomic E-state index is 11.6. The molecule has 0 unspecified atom stereocenters. The van der Waals surface area contributed by atoms with E-state index in [1.807, 2.05) is 4.90 Å². The fourth-order valence-electron chi connectivity index (χ4n) is 1.74. The monoisotopic (exact) mass is 184 g/mol. The van der Waals surface area contributed by atoms with Crippen LogP contribution in [0.25, 0.3) is 0 Å². The van der Waals surface area contributed by atoms with Gasteiger partial charge in [0.25, 0.3) is 0 Å². The molecule has 1 amide bonds. The molecule has 1 rings (SSSR count). The van der Waals surface area contributed by atoms with Gasteiger partial charge in [0.2, 0.25) is 5.91 Å². The number of carbonyl (C=O) groups excluding carboxylic acids is 1. The quantitative estimate of drug-likeness (QED) is 0.711. The number of hydrogen-bond acceptors (Lipinski definition) is 2. The summed E-state index contributed by atoms with van der Waals surface area (Å²) in [5.41, 5.74) is 5.68. The van der Waals surface area contributed by atoms with Crippen LogP contribution in [0.5, 0.6) is 0 Å². The first-order valence-corrected chi connectivity index (χ1v) is 5.03. The van der Waals surface area contributed by atoms with Gasteiger partial charge in [-0.05, 0) is 24.8 Å². The highest BCUT2D eigenvalue weighted by atomic mass is 16.2. The van der Waals surface area contributed by atoms with Crippen LogP contribution < -0.4 is 5.73 Å². The fourth-order valence-corrected chi connectivity index (χ4v) is 1.74. The van der Waals surface area contributed by atoms with Gasteiger partial charge in [-0.15, -0.1) is 0 Å². The average molecular weight is 184 g/mol. The molecule has 0 aromatic rings. The largest absolute Gasteiger partial charge is 0.342 e. The second kappa shape index (κ2) is 4.09. The number of carbonyl (C=O) groups is 1. The minimum atomic E-state index is 0.274. The van der Waals surface area contributed by atoms with E-state index in [2.05, 4.69) is 13.8 Å². The molecule has 1 aliphatic rings. The van der Waals surface area contributed by atoms with Crippen LogP contribution in [0, 0.1) is 5.41 Å². The van der Waals surface area contributed by atoms with Gasteiger partial charge in [0.15, 0.2) is 0 Å². The summed E-state index contributed by atoms with van der Waals surface area (Å²) in [6.45, 7) is 6.88. The highest BCUT2D eigenvalue weighted by Gasteiger charge is 2.31. The summed E-state index contributed by atoms with van der Waals surface area (Å²) in [5, 5.41) is 0. The van der Waals surface area contributed by atoms with Crippen molar-refractivity contribution in [3.63, 3.8) is 0 Å². The van der Waals surface area contributed by atoms with Crippen molar-refractivity contribution in [3.05, 3.63) is 0 Å². The standard InChI is InChI=1S/C10H20N2O/c1-10(2)5-7-12(8-10)9(13)4-3-6-11/h3-8,11H2,1-2H3. The Morgan fingerprint density at radius 3 is 2.69 bits per heavy atom. The third-order valence-electron chi connectivity index (χ3n) is 2.62. The third-order valence-corrected chi connectivity index (χ3v) is 2.62. The van der Waals surface area contributed by atoms with E-state index in [9.17, 15) is 4.79 Å². The van der Waals surface area contributed by atoms with Crippen LogP contribution in [-0.2, 0) is 4.79 Å². The first kappa shape index (κ1) is 10.5. The van der Waals surface area contributed by atoms with Crippen molar-refractivity contribution in [3.8, 4) is 0 Å². The second-order valence-corrected chi connectivity index (χ2v) is 4.62. The molecule has 13 heavy (non-hydrogen) atoms. The zero-order valence-corrected chi connectivity index (χ0v) is 8.68. The normalized spacial score (nSPS) is 20.7. The van der Waals surface area contributed by atoms with Gasteiger partial charge in [0.1, 0.15) is 0 Å². The molecule has 0 spiro atoms. The minimum absolute atomic E-state index is 0.274. The van der Waals surface area contributed by atoms with Gasteiger partial charge in [-0.3, -0.25) is 4.79 Å². The topological polar surface area (TPSA) is 46.3 Å². The van der Waals surface area contributed by atoms with Crippen molar-refractivity contribution in [2.24, 2.45) is 11.1 Å². The first-order valence-electron chi connectivity index (χ1n) is 5.03. The molecule has 0 saturated carbocycles. The molecule has 1 heterocycles. The lowest BCUT2D eigenvalue weighted by Crippen LogP contribution is -2.30. The highest BCUT2D eigenvalue weighted by Crippen LogP contribution is 2.28. The van der Waals surface area contributed by atoms with Crippen molar-refractivity contribution in [2.75, 3.05) is 19.6 Å². The van der Waals surface area contributed by atoms with E-state index in [0.29, 0.717) is 18.4 Å². The van der Waals surface area contributed by atoms with Crippen LogP contribution in [-0.4, -0.2) is 30.4 Å². The maximum Gasteiger partial charge on any atom is 0.222 e. The number of nitrogens with zero attached hydrogens (tertiary/aromatic N) is 1. The van der Waals surface area contributed by atoms with Gasteiger partial charge < -0.3 is 10.6 Å². The van der Waals surface area contributed by atoms with Gasteiger partial charge in [-0.2, -0.15) is 0 Å². The molecule has 3 heteroatoms. The summed E-state index contributed by atoms with van der Waals surface area (Å²) in [6, 6.07) is 0.